The first-order valence-corrected chi connectivity index (χ1v) is 12.9. The Kier molecular flexibility index (Phi) is 13.7. The lowest BCUT2D eigenvalue weighted by Crippen LogP contribution is -2.12. The Morgan fingerprint density at radius 3 is 2.15 bits per heavy atom. The van der Waals surface area contributed by atoms with E-state index in [-0.39, 0.29) is 5.78 Å². The third-order valence-electron chi connectivity index (χ3n) is 5.72. The summed E-state index contributed by atoms with van der Waals surface area (Å²) in [6.07, 6.45) is 11.9. The Bertz CT molecular complexity index is 976. The summed E-state index contributed by atoms with van der Waals surface area (Å²) in [5.41, 5.74) is 1.98. The number of allylic oxidation sites excluding steroid dienone is 5. The highest BCUT2D eigenvalue weighted by atomic mass is 79.9. The Morgan fingerprint density at radius 1 is 1.12 bits per heavy atom. The van der Waals surface area contributed by atoms with E-state index in [4.69, 9.17) is 0 Å². The highest BCUT2D eigenvalue weighted by Crippen LogP contribution is 2.27. The molecule has 0 unspecified atom stereocenters. The van der Waals surface area contributed by atoms with Crippen molar-refractivity contribution in [3.8, 4) is 0 Å². The van der Waals surface area contributed by atoms with Gasteiger partial charge in [-0.15, -0.1) is 0 Å². The highest BCUT2D eigenvalue weighted by Gasteiger charge is 2.13. The molecule has 4 nitrogen and oxygen atoms in total. The van der Waals surface area contributed by atoms with E-state index in [1.807, 2.05) is 69.3 Å². The quantitative estimate of drug-likeness (QED) is 0.367. The van der Waals surface area contributed by atoms with Gasteiger partial charge in [-0.3, -0.25) is 4.79 Å². The zero-order valence-electron chi connectivity index (χ0n) is 22.1. The van der Waals surface area contributed by atoms with Gasteiger partial charge in [0.25, 0.3) is 0 Å². The maximum absolute atomic E-state index is 10.8. The van der Waals surface area contributed by atoms with Gasteiger partial charge >= 0.3 is 0 Å². The minimum Gasteiger partial charge on any atom is -0.362 e. The number of fused-ring (bicyclic) bond motifs is 1. The van der Waals surface area contributed by atoms with E-state index in [9.17, 15) is 4.79 Å². The molecule has 0 aliphatic heterocycles. The molecule has 1 aromatic carbocycles. The van der Waals surface area contributed by atoms with E-state index in [0.29, 0.717) is 6.42 Å². The second kappa shape index (κ2) is 15.6. The normalized spacial score (nSPS) is 18.2. The van der Waals surface area contributed by atoms with Crippen LogP contribution in [0.3, 0.4) is 0 Å². The first kappa shape index (κ1) is 29.8. The summed E-state index contributed by atoms with van der Waals surface area (Å²) in [6.45, 7) is 13.8. The van der Waals surface area contributed by atoms with E-state index in [0.717, 1.165) is 44.4 Å². The average Bonchev–Trinajstić information content (AvgIpc) is 2.80. The Morgan fingerprint density at radius 2 is 1.68 bits per heavy atom. The van der Waals surface area contributed by atoms with Crippen molar-refractivity contribution in [1.82, 2.24) is 9.97 Å². The number of Topliss-reactive ketones (excluding diaryl/α,β-unsaturated/α-hetero) is 1. The van der Waals surface area contributed by atoms with Crippen molar-refractivity contribution in [1.29, 1.82) is 0 Å². The van der Waals surface area contributed by atoms with Gasteiger partial charge in [-0.2, -0.15) is 0 Å². The largest absolute Gasteiger partial charge is 0.362 e. The van der Waals surface area contributed by atoms with Gasteiger partial charge in [-0.1, -0.05) is 92.4 Å². The molecule has 0 atom stereocenters. The standard InChI is InChI=1S/C11H13N3.C10H13BrO.C8H16/c1-8-12-10-7-5-4-6-9(10)11(13-8)14(2)3;1-4-6-9(7-8(3)12)10(11)5-2;1-7-3-5-8(2)6-4-7/h4-7H,1-3H3;4-6H,2,7H2,1,3H3;7-8H,3-6H2,1-2H3/b;6-4-,10-9-;. The number of carbonyl (C=O) groups excluding carboxylic acids is 1. The lowest BCUT2D eigenvalue weighted by Gasteiger charge is -2.22. The smallest absolute Gasteiger partial charge is 0.139 e. The number of hydrogen-bond acceptors (Lipinski definition) is 4. The minimum absolute atomic E-state index is 0.155. The van der Waals surface area contributed by atoms with Crippen molar-refractivity contribution in [3.05, 3.63) is 65.0 Å². The van der Waals surface area contributed by atoms with Gasteiger partial charge in [-0.05, 0) is 50.3 Å². The summed E-state index contributed by atoms with van der Waals surface area (Å²) in [6, 6.07) is 8.06. The molecule has 5 heteroatoms. The Labute approximate surface area is 215 Å². The van der Waals surface area contributed by atoms with Gasteiger partial charge in [0.2, 0.25) is 0 Å². The van der Waals surface area contributed by atoms with Crippen LogP contribution in [0, 0.1) is 18.8 Å². The van der Waals surface area contributed by atoms with Gasteiger partial charge in [0, 0.05) is 30.4 Å². The molecule has 186 valence electrons. The predicted molar refractivity (Wildman–Crippen MR) is 152 cm³/mol. The first-order valence-electron chi connectivity index (χ1n) is 12.1. The van der Waals surface area contributed by atoms with Gasteiger partial charge in [0.1, 0.15) is 17.4 Å². The minimum atomic E-state index is 0.155. The van der Waals surface area contributed by atoms with Crippen molar-refractivity contribution in [3.63, 3.8) is 0 Å². The second-order valence-electron chi connectivity index (χ2n) is 9.33. The molecule has 3 rings (SSSR count). The second-order valence-corrected chi connectivity index (χ2v) is 10.2. The van der Waals surface area contributed by atoms with Crippen LogP contribution in [0.25, 0.3) is 10.9 Å². The molecular weight excluding hydrogens is 486 g/mol. The molecule has 0 N–H and O–H groups in total. The SMILES string of the molecule is C=C/C(Br)=C(\C=C/C)CC(C)=O.CC1CCC(C)CC1.Cc1nc(N(C)C)c2ccccc2n1. The van der Waals surface area contributed by atoms with Crippen LogP contribution in [0.4, 0.5) is 5.82 Å². The molecule has 1 fully saturated rings. The molecule has 1 aliphatic rings. The van der Waals surface area contributed by atoms with Gasteiger partial charge < -0.3 is 4.90 Å². The number of anilines is 1. The number of aromatic nitrogens is 2. The molecule has 1 aliphatic carbocycles. The fourth-order valence-electron chi connectivity index (χ4n) is 3.76. The molecule has 2 aromatic rings. The number of benzene rings is 1. The molecule has 0 radical (unpaired) electrons. The van der Waals surface area contributed by atoms with Gasteiger partial charge in [0.15, 0.2) is 0 Å². The van der Waals surface area contributed by atoms with Crippen LogP contribution in [-0.2, 0) is 4.79 Å². The molecular formula is C29H42BrN3O. The van der Waals surface area contributed by atoms with Crippen LogP contribution >= 0.6 is 15.9 Å². The number of hydrogen-bond donors (Lipinski definition) is 0. The summed E-state index contributed by atoms with van der Waals surface area (Å²) < 4.78 is 0.885. The predicted octanol–water partition coefficient (Wildman–Crippen LogP) is 8.21. The maximum Gasteiger partial charge on any atom is 0.139 e. The van der Waals surface area contributed by atoms with E-state index in [1.54, 1.807) is 13.0 Å². The van der Waals surface area contributed by atoms with Crippen LogP contribution in [0.15, 0.2) is 59.1 Å². The van der Waals surface area contributed by atoms with Crippen LogP contribution < -0.4 is 4.90 Å². The molecule has 0 amide bonds. The van der Waals surface area contributed by atoms with Crippen LogP contribution in [0.2, 0.25) is 0 Å². The third kappa shape index (κ3) is 10.8. The molecule has 1 saturated carbocycles. The van der Waals surface area contributed by atoms with Crippen LogP contribution in [-0.4, -0.2) is 29.8 Å². The van der Waals surface area contributed by atoms with Gasteiger partial charge in [-0.25, -0.2) is 9.97 Å². The summed E-state index contributed by atoms with van der Waals surface area (Å²) in [5, 5.41) is 1.10. The van der Waals surface area contributed by atoms with Crippen LogP contribution in [0.1, 0.15) is 65.6 Å². The fraction of sp³-hybridized carbons (Fsp3) is 0.483. The van der Waals surface area contributed by atoms with Crippen molar-refractivity contribution in [2.24, 2.45) is 11.8 Å². The molecule has 34 heavy (non-hydrogen) atoms. The number of para-hydroxylation sites is 1. The van der Waals surface area contributed by atoms with E-state index in [1.165, 1.54) is 25.7 Å². The summed E-state index contributed by atoms with van der Waals surface area (Å²) >= 11 is 3.33. The van der Waals surface area contributed by atoms with Crippen molar-refractivity contribution < 1.29 is 4.79 Å². The maximum atomic E-state index is 10.8. The van der Waals surface area contributed by atoms with E-state index in [2.05, 4.69) is 46.3 Å². The number of halogens is 1. The van der Waals surface area contributed by atoms with Crippen molar-refractivity contribution in [2.45, 2.75) is 66.7 Å². The Hall–Kier alpha value is -2.27. The van der Waals surface area contributed by atoms with Gasteiger partial charge in [0.05, 0.1) is 5.52 Å². The first-order chi connectivity index (χ1) is 16.1. The van der Waals surface area contributed by atoms with E-state index >= 15 is 0 Å². The summed E-state index contributed by atoms with van der Waals surface area (Å²) in [5.74, 6) is 3.99. The molecule has 0 saturated heterocycles. The molecule has 1 heterocycles. The zero-order chi connectivity index (χ0) is 25.7. The Balaban J connectivity index is 0.000000265. The topological polar surface area (TPSA) is 46.1 Å². The highest BCUT2D eigenvalue weighted by molar-refractivity contribution is 9.11. The third-order valence-corrected chi connectivity index (χ3v) is 6.55. The lowest BCUT2D eigenvalue weighted by molar-refractivity contribution is -0.116. The summed E-state index contributed by atoms with van der Waals surface area (Å²) in [7, 11) is 3.99. The number of aryl methyl sites for hydroxylation is 1. The average molecular weight is 529 g/mol. The monoisotopic (exact) mass is 527 g/mol. The van der Waals surface area contributed by atoms with Crippen LogP contribution in [0.5, 0.6) is 0 Å². The van der Waals surface area contributed by atoms with E-state index < -0.39 is 0 Å². The lowest BCUT2D eigenvalue weighted by atomic mass is 9.84. The number of rotatable bonds is 5. The van der Waals surface area contributed by atoms with Crippen molar-refractivity contribution >= 4 is 38.4 Å². The molecule has 0 spiro atoms. The number of carbonyl (C=O) groups is 1. The zero-order valence-corrected chi connectivity index (χ0v) is 23.7. The molecule has 1 aromatic heterocycles. The molecule has 0 bridgehead atoms. The fourth-order valence-corrected chi connectivity index (χ4v) is 4.04. The number of ketones is 1. The van der Waals surface area contributed by atoms with Crippen molar-refractivity contribution in [2.75, 3.05) is 19.0 Å². The summed E-state index contributed by atoms with van der Waals surface area (Å²) in [4.78, 5) is 21.6. The number of nitrogens with zero attached hydrogens (tertiary/aromatic N) is 3.